The van der Waals surface area contributed by atoms with Gasteiger partial charge in [-0.3, -0.25) is 0 Å². The predicted octanol–water partition coefficient (Wildman–Crippen LogP) is 2.87. The van der Waals surface area contributed by atoms with E-state index in [1.54, 1.807) is 0 Å². The third-order valence-electron chi connectivity index (χ3n) is 4.16. The van der Waals surface area contributed by atoms with Crippen LogP contribution in [0.25, 0.3) is 0 Å². The maximum atomic E-state index is 5.84. The van der Waals surface area contributed by atoms with E-state index in [4.69, 9.17) is 5.73 Å². The summed E-state index contributed by atoms with van der Waals surface area (Å²) in [5, 5.41) is 0. The first kappa shape index (κ1) is 12.4. The SMILES string of the molecule is Cc1cccc(N2CC(CN)CC2(C)C)c1C. The van der Waals surface area contributed by atoms with Gasteiger partial charge in [0.2, 0.25) is 0 Å². The Labute approximate surface area is 105 Å². The lowest BCUT2D eigenvalue weighted by Crippen LogP contribution is -2.38. The van der Waals surface area contributed by atoms with Gasteiger partial charge in [0.1, 0.15) is 0 Å². The van der Waals surface area contributed by atoms with Crippen LogP contribution in [0.3, 0.4) is 0 Å². The third kappa shape index (κ3) is 2.19. The van der Waals surface area contributed by atoms with E-state index in [9.17, 15) is 0 Å². The van der Waals surface area contributed by atoms with E-state index >= 15 is 0 Å². The molecule has 0 radical (unpaired) electrons. The summed E-state index contributed by atoms with van der Waals surface area (Å²) in [6, 6.07) is 6.58. The van der Waals surface area contributed by atoms with E-state index in [1.807, 2.05) is 0 Å². The number of anilines is 1. The maximum absolute atomic E-state index is 5.84. The van der Waals surface area contributed by atoms with Crippen molar-refractivity contribution in [3.8, 4) is 0 Å². The van der Waals surface area contributed by atoms with Crippen molar-refractivity contribution in [3.05, 3.63) is 29.3 Å². The minimum atomic E-state index is 0.225. The maximum Gasteiger partial charge on any atom is 0.0403 e. The Hall–Kier alpha value is -1.02. The van der Waals surface area contributed by atoms with Crippen molar-refractivity contribution in [2.24, 2.45) is 11.7 Å². The van der Waals surface area contributed by atoms with Gasteiger partial charge in [0.05, 0.1) is 0 Å². The van der Waals surface area contributed by atoms with E-state index in [0.717, 1.165) is 13.1 Å². The summed E-state index contributed by atoms with van der Waals surface area (Å²) in [4.78, 5) is 2.53. The Morgan fingerprint density at radius 1 is 1.35 bits per heavy atom. The van der Waals surface area contributed by atoms with Crippen LogP contribution in [0.4, 0.5) is 5.69 Å². The lowest BCUT2D eigenvalue weighted by Gasteiger charge is -2.35. The highest BCUT2D eigenvalue weighted by Gasteiger charge is 2.38. The van der Waals surface area contributed by atoms with Crippen molar-refractivity contribution >= 4 is 5.69 Å². The fourth-order valence-electron chi connectivity index (χ4n) is 3.00. The van der Waals surface area contributed by atoms with E-state index in [2.05, 4.69) is 50.8 Å². The summed E-state index contributed by atoms with van der Waals surface area (Å²) in [7, 11) is 0. The van der Waals surface area contributed by atoms with Crippen LogP contribution in [0.15, 0.2) is 18.2 Å². The molecule has 1 saturated heterocycles. The second-order valence-electron chi connectivity index (χ2n) is 5.95. The number of nitrogens with two attached hydrogens (primary N) is 1. The molecule has 17 heavy (non-hydrogen) atoms. The van der Waals surface area contributed by atoms with Crippen molar-refractivity contribution < 1.29 is 0 Å². The molecule has 94 valence electrons. The topological polar surface area (TPSA) is 29.3 Å². The van der Waals surface area contributed by atoms with Crippen LogP contribution in [0.5, 0.6) is 0 Å². The third-order valence-corrected chi connectivity index (χ3v) is 4.16. The molecule has 1 aliphatic rings. The molecule has 1 aromatic rings. The fourth-order valence-corrected chi connectivity index (χ4v) is 3.00. The summed E-state index contributed by atoms with van der Waals surface area (Å²) >= 11 is 0. The molecule has 2 rings (SSSR count). The highest BCUT2D eigenvalue weighted by molar-refractivity contribution is 5.58. The van der Waals surface area contributed by atoms with Crippen molar-refractivity contribution in [3.63, 3.8) is 0 Å². The monoisotopic (exact) mass is 232 g/mol. The molecule has 0 saturated carbocycles. The minimum absolute atomic E-state index is 0.225. The van der Waals surface area contributed by atoms with Crippen LogP contribution in [-0.2, 0) is 0 Å². The van der Waals surface area contributed by atoms with Crippen LogP contribution in [0, 0.1) is 19.8 Å². The minimum Gasteiger partial charge on any atom is -0.366 e. The lowest BCUT2D eigenvalue weighted by atomic mass is 9.96. The highest BCUT2D eigenvalue weighted by atomic mass is 15.2. The van der Waals surface area contributed by atoms with Gasteiger partial charge in [-0.15, -0.1) is 0 Å². The molecule has 0 bridgehead atoms. The normalized spacial score (nSPS) is 23.1. The Balaban J connectivity index is 2.37. The average Bonchev–Trinajstić information content (AvgIpc) is 2.58. The fraction of sp³-hybridized carbons (Fsp3) is 0.600. The Kier molecular flexibility index (Phi) is 3.17. The number of benzene rings is 1. The van der Waals surface area contributed by atoms with E-state index in [0.29, 0.717) is 5.92 Å². The molecule has 0 aromatic heterocycles. The highest BCUT2D eigenvalue weighted by Crippen LogP contribution is 2.38. The first-order valence-corrected chi connectivity index (χ1v) is 6.49. The molecule has 1 unspecified atom stereocenters. The molecule has 0 amide bonds. The lowest BCUT2D eigenvalue weighted by molar-refractivity contribution is 0.476. The Morgan fingerprint density at radius 3 is 2.65 bits per heavy atom. The number of hydrogen-bond acceptors (Lipinski definition) is 2. The molecule has 2 heteroatoms. The molecule has 1 heterocycles. The first-order valence-electron chi connectivity index (χ1n) is 6.49. The molecular formula is C15H24N2. The zero-order chi connectivity index (χ0) is 12.6. The Morgan fingerprint density at radius 2 is 2.06 bits per heavy atom. The van der Waals surface area contributed by atoms with Gasteiger partial charge in [-0.2, -0.15) is 0 Å². The zero-order valence-electron chi connectivity index (χ0n) is 11.5. The number of hydrogen-bond donors (Lipinski definition) is 1. The summed E-state index contributed by atoms with van der Waals surface area (Å²) < 4.78 is 0. The molecule has 2 N–H and O–H groups in total. The molecule has 1 fully saturated rings. The van der Waals surface area contributed by atoms with Gasteiger partial charge in [-0.25, -0.2) is 0 Å². The van der Waals surface area contributed by atoms with Gasteiger partial charge in [0.15, 0.2) is 0 Å². The second kappa shape index (κ2) is 4.34. The van der Waals surface area contributed by atoms with E-state index < -0.39 is 0 Å². The van der Waals surface area contributed by atoms with Crippen LogP contribution >= 0.6 is 0 Å². The summed E-state index contributed by atoms with van der Waals surface area (Å²) in [5.74, 6) is 0.630. The Bertz CT molecular complexity index is 409. The quantitative estimate of drug-likeness (QED) is 0.849. The van der Waals surface area contributed by atoms with Gasteiger partial charge < -0.3 is 10.6 Å². The van der Waals surface area contributed by atoms with Crippen LogP contribution in [-0.4, -0.2) is 18.6 Å². The van der Waals surface area contributed by atoms with Crippen molar-refractivity contribution in [1.82, 2.24) is 0 Å². The second-order valence-corrected chi connectivity index (χ2v) is 5.95. The largest absolute Gasteiger partial charge is 0.366 e. The zero-order valence-corrected chi connectivity index (χ0v) is 11.5. The van der Waals surface area contributed by atoms with Crippen molar-refractivity contribution in [1.29, 1.82) is 0 Å². The molecule has 0 aliphatic carbocycles. The van der Waals surface area contributed by atoms with Crippen molar-refractivity contribution in [2.75, 3.05) is 18.0 Å². The van der Waals surface area contributed by atoms with Crippen LogP contribution < -0.4 is 10.6 Å². The van der Waals surface area contributed by atoms with Crippen LogP contribution in [0.1, 0.15) is 31.4 Å². The predicted molar refractivity (Wildman–Crippen MR) is 74.5 cm³/mol. The first-order chi connectivity index (χ1) is 7.95. The number of aryl methyl sites for hydroxylation is 1. The smallest absolute Gasteiger partial charge is 0.0403 e. The van der Waals surface area contributed by atoms with Gasteiger partial charge in [-0.1, -0.05) is 12.1 Å². The summed E-state index contributed by atoms with van der Waals surface area (Å²) in [6.45, 7) is 10.9. The molecule has 2 nitrogen and oxygen atoms in total. The van der Waals surface area contributed by atoms with Crippen LogP contribution in [0.2, 0.25) is 0 Å². The van der Waals surface area contributed by atoms with E-state index in [-0.39, 0.29) is 5.54 Å². The summed E-state index contributed by atoms with van der Waals surface area (Å²) in [5.41, 5.74) is 10.2. The van der Waals surface area contributed by atoms with Gasteiger partial charge in [0, 0.05) is 17.8 Å². The van der Waals surface area contributed by atoms with E-state index in [1.165, 1.54) is 23.2 Å². The molecule has 1 aliphatic heterocycles. The standard InChI is InChI=1S/C15H24N2/c1-11-6-5-7-14(12(11)2)17-10-13(9-16)8-15(17,3)4/h5-7,13H,8-10,16H2,1-4H3. The number of nitrogens with zero attached hydrogens (tertiary/aromatic N) is 1. The average molecular weight is 232 g/mol. The number of rotatable bonds is 2. The molecule has 0 spiro atoms. The van der Waals surface area contributed by atoms with Gasteiger partial charge >= 0.3 is 0 Å². The molecule has 1 atom stereocenters. The summed E-state index contributed by atoms with van der Waals surface area (Å²) in [6.07, 6.45) is 1.19. The van der Waals surface area contributed by atoms with Gasteiger partial charge in [0.25, 0.3) is 0 Å². The van der Waals surface area contributed by atoms with Gasteiger partial charge in [-0.05, 0) is 63.8 Å². The van der Waals surface area contributed by atoms with Crippen molar-refractivity contribution in [2.45, 2.75) is 39.7 Å². The molecular weight excluding hydrogens is 208 g/mol. The molecule has 1 aromatic carbocycles.